The van der Waals surface area contributed by atoms with E-state index < -0.39 is 10.1 Å². The highest BCUT2D eigenvalue weighted by Crippen LogP contribution is 2.48. The molecule has 41 heavy (non-hydrogen) atoms. The van der Waals surface area contributed by atoms with E-state index in [1.807, 2.05) is 18.7 Å². The number of fused-ring (bicyclic) bond motifs is 2. The Morgan fingerprint density at radius 2 is 1.44 bits per heavy atom. The molecule has 0 saturated carbocycles. The lowest BCUT2D eigenvalue weighted by Gasteiger charge is -2.41. The van der Waals surface area contributed by atoms with Gasteiger partial charge in [-0.25, -0.2) is 8.42 Å². The minimum Gasteiger partial charge on any atom is -0.744 e. The van der Waals surface area contributed by atoms with Gasteiger partial charge in [0, 0.05) is 9.79 Å². The Labute approximate surface area is 252 Å². The molecule has 3 aromatic rings. The number of hydrogen-bond donors (Lipinski definition) is 0. The molecular weight excluding hydrogens is 549 g/mol. The van der Waals surface area contributed by atoms with Crippen molar-refractivity contribution in [1.82, 2.24) is 0 Å². The normalized spacial score (nSPS) is 14.2. The molecule has 0 radical (unpaired) electrons. The highest BCUT2D eigenvalue weighted by molar-refractivity contribution is 7.99. The van der Waals surface area contributed by atoms with E-state index in [0.717, 1.165) is 22.5 Å². The zero-order valence-corrected chi connectivity index (χ0v) is 27.3. The summed E-state index contributed by atoms with van der Waals surface area (Å²) in [6.45, 7) is 13.3. The number of nitrogens with zero attached hydrogens (tertiary/aromatic N) is 2. The predicted molar refractivity (Wildman–Crippen MR) is 172 cm³/mol. The standard InChI is InChI=1S/C27H39N2S.C7H8O3S/c1-21(2)12-11-13-22(3)18-19-29(5,6)23(4)20-28-24-14-7-9-16-26(24)30-27-17-10-8-15-25(27)28;1-6-2-4-7(5-3-6)11(8,9)10/h7-10,12,14-17,22-23H,11,13,18-20H2,1-6H3;2-5H,1H3,(H,8,9,10)/q+1;/p-1. The summed E-state index contributed by atoms with van der Waals surface area (Å²) >= 11 is 1.89. The van der Waals surface area contributed by atoms with Gasteiger partial charge < -0.3 is 13.9 Å². The third-order valence-corrected chi connectivity index (χ3v) is 9.87. The topological polar surface area (TPSA) is 60.4 Å². The Morgan fingerprint density at radius 1 is 0.902 bits per heavy atom. The van der Waals surface area contributed by atoms with Crippen molar-refractivity contribution in [2.75, 3.05) is 32.1 Å². The molecule has 1 aliphatic heterocycles. The summed E-state index contributed by atoms with van der Waals surface area (Å²) in [5.41, 5.74) is 5.07. The van der Waals surface area contributed by atoms with Gasteiger partial charge in [-0.15, -0.1) is 0 Å². The lowest BCUT2D eigenvalue weighted by Crippen LogP contribution is -2.52. The summed E-state index contributed by atoms with van der Waals surface area (Å²) in [5.74, 6) is 0.776. The van der Waals surface area contributed by atoms with E-state index in [1.54, 1.807) is 12.1 Å². The van der Waals surface area contributed by atoms with Gasteiger partial charge in [0.15, 0.2) is 0 Å². The van der Waals surface area contributed by atoms with Gasteiger partial charge in [0.1, 0.15) is 16.2 Å². The third kappa shape index (κ3) is 9.74. The fourth-order valence-corrected chi connectivity index (χ4v) is 6.31. The first-order chi connectivity index (χ1) is 19.3. The third-order valence-electron chi connectivity index (χ3n) is 7.89. The van der Waals surface area contributed by atoms with Crippen LogP contribution in [0.1, 0.15) is 52.5 Å². The molecule has 4 rings (SSSR count). The van der Waals surface area contributed by atoms with Gasteiger partial charge in [0.25, 0.3) is 0 Å². The number of anilines is 2. The first-order valence-corrected chi connectivity index (χ1v) is 16.6. The lowest BCUT2D eigenvalue weighted by atomic mass is 9.99. The summed E-state index contributed by atoms with van der Waals surface area (Å²) < 4.78 is 32.2. The molecule has 0 fully saturated rings. The summed E-state index contributed by atoms with van der Waals surface area (Å²) in [6.07, 6.45) is 6.18. The van der Waals surface area contributed by atoms with Crippen LogP contribution in [-0.4, -0.2) is 50.7 Å². The SMILES string of the molecule is CC(C)=CCCC(C)CC[N+](C)(C)C(C)CN1c2ccccc2Sc2ccccc21.Cc1ccc(S(=O)(=O)[O-])cc1. The van der Waals surface area contributed by atoms with E-state index in [2.05, 4.69) is 101 Å². The van der Waals surface area contributed by atoms with Crippen LogP contribution in [0.3, 0.4) is 0 Å². The molecule has 0 N–H and O–H groups in total. The van der Waals surface area contributed by atoms with Gasteiger partial charge in [-0.3, -0.25) is 0 Å². The average molecular weight is 595 g/mol. The largest absolute Gasteiger partial charge is 0.744 e. The number of rotatable bonds is 10. The molecule has 0 aliphatic carbocycles. The molecular formula is C34H46N2O3S2. The first-order valence-electron chi connectivity index (χ1n) is 14.4. The van der Waals surface area contributed by atoms with E-state index in [1.165, 1.54) is 64.7 Å². The van der Waals surface area contributed by atoms with Crippen LogP contribution in [0.25, 0.3) is 0 Å². The number of benzene rings is 3. The maximum atomic E-state index is 10.4. The van der Waals surface area contributed by atoms with E-state index in [-0.39, 0.29) is 4.90 Å². The van der Waals surface area contributed by atoms with Crippen LogP contribution < -0.4 is 4.90 Å². The van der Waals surface area contributed by atoms with Crippen molar-refractivity contribution in [2.45, 2.75) is 74.6 Å². The first kappa shape index (κ1) is 32.9. The van der Waals surface area contributed by atoms with Crippen LogP contribution >= 0.6 is 11.8 Å². The van der Waals surface area contributed by atoms with Crippen LogP contribution in [0.4, 0.5) is 11.4 Å². The molecule has 1 heterocycles. The van der Waals surface area contributed by atoms with Crippen LogP contribution in [0, 0.1) is 12.8 Å². The smallest absolute Gasteiger partial charge is 0.124 e. The summed E-state index contributed by atoms with van der Waals surface area (Å²) in [4.78, 5) is 5.09. The quantitative estimate of drug-likeness (QED) is 0.134. The molecule has 2 unspecified atom stereocenters. The number of likely N-dealkylation sites (N-methyl/N-ethyl adjacent to an activating group) is 1. The summed E-state index contributed by atoms with van der Waals surface area (Å²) in [7, 11) is 0.544. The number of hydrogen-bond acceptors (Lipinski definition) is 5. The Kier molecular flexibility index (Phi) is 11.7. The second-order valence-corrected chi connectivity index (χ2v) is 14.5. The van der Waals surface area contributed by atoms with Crippen molar-refractivity contribution in [1.29, 1.82) is 0 Å². The van der Waals surface area contributed by atoms with E-state index in [0.29, 0.717) is 6.04 Å². The Balaban J connectivity index is 0.000000352. The molecule has 0 amide bonds. The van der Waals surface area contributed by atoms with Crippen LogP contribution in [0.2, 0.25) is 0 Å². The number of aryl methyl sites for hydroxylation is 1. The molecule has 222 valence electrons. The molecule has 1 aliphatic rings. The fraction of sp³-hybridized carbons (Fsp3) is 0.412. The monoisotopic (exact) mass is 594 g/mol. The van der Waals surface area contributed by atoms with Gasteiger partial charge in [-0.05, 0) is 89.3 Å². The van der Waals surface area contributed by atoms with Crippen molar-refractivity contribution in [3.63, 3.8) is 0 Å². The Morgan fingerprint density at radius 3 is 1.95 bits per heavy atom. The zero-order chi connectivity index (χ0) is 30.2. The molecule has 0 saturated heterocycles. The molecule has 7 heteroatoms. The lowest BCUT2D eigenvalue weighted by molar-refractivity contribution is -0.912. The highest BCUT2D eigenvalue weighted by Gasteiger charge is 2.30. The maximum Gasteiger partial charge on any atom is 0.124 e. The molecule has 5 nitrogen and oxygen atoms in total. The second kappa shape index (κ2) is 14.5. The Hall–Kier alpha value is -2.58. The molecule has 0 aromatic heterocycles. The van der Waals surface area contributed by atoms with Crippen molar-refractivity contribution in [3.8, 4) is 0 Å². The fourth-order valence-electron chi connectivity index (χ4n) is 4.74. The molecule has 3 aromatic carbocycles. The van der Waals surface area contributed by atoms with Crippen molar-refractivity contribution >= 4 is 33.3 Å². The minimum absolute atomic E-state index is 0.178. The predicted octanol–water partition coefficient (Wildman–Crippen LogP) is 8.43. The van der Waals surface area contributed by atoms with Gasteiger partial charge >= 0.3 is 0 Å². The molecule has 0 bridgehead atoms. The molecule has 0 spiro atoms. The summed E-state index contributed by atoms with van der Waals surface area (Å²) in [6, 6.07) is 24.0. The van der Waals surface area contributed by atoms with Crippen LogP contribution in [0.15, 0.2) is 99.1 Å². The van der Waals surface area contributed by atoms with Crippen molar-refractivity contribution in [2.24, 2.45) is 5.92 Å². The maximum absolute atomic E-state index is 10.4. The zero-order valence-electron chi connectivity index (χ0n) is 25.6. The van der Waals surface area contributed by atoms with Crippen LogP contribution in [0.5, 0.6) is 0 Å². The number of quaternary nitrogens is 1. The highest BCUT2D eigenvalue weighted by atomic mass is 32.2. The van der Waals surface area contributed by atoms with Gasteiger partial charge in [0.2, 0.25) is 0 Å². The van der Waals surface area contributed by atoms with Crippen molar-refractivity contribution < 1.29 is 17.5 Å². The van der Waals surface area contributed by atoms with Crippen molar-refractivity contribution in [3.05, 3.63) is 90.0 Å². The summed E-state index contributed by atoms with van der Waals surface area (Å²) in [5, 5.41) is 0. The van der Waals surface area contributed by atoms with Crippen LogP contribution in [-0.2, 0) is 10.1 Å². The number of allylic oxidation sites excluding steroid dienone is 2. The Bertz CT molecular complexity index is 1370. The second-order valence-electron chi connectivity index (χ2n) is 12.0. The van der Waals surface area contributed by atoms with E-state index >= 15 is 0 Å². The van der Waals surface area contributed by atoms with E-state index in [9.17, 15) is 13.0 Å². The average Bonchev–Trinajstić information content (AvgIpc) is 2.91. The number of para-hydroxylation sites is 2. The van der Waals surface area contributed by atoms with Gasteiger partial charge in [-0.1, -0.05) is 72.3 Å². The van der Waals surface area contributed by atoms with Gasteiger partial charge in [-0.2, -0.15) is 0 Å². The van der Waals surface area contributed by atoms with Gasteiger partial charge in [0.05, 0.1) is 43.5 Å². The molecule has 2 atom stereocenters. The van der Waals surface area contributed by atoms with E-state index in [4.69, 9.17) is 0 Å². The minimum atomic E-state index is -4.27.